The van der Waals surface area contributed by atoms with Crippen molar-refractivity contribution in [1.82, 2.24) is 4.98 Å². The van der Waals surface area contributed by atoms with Crippen LogP contribution in [0.2, 0.25) is 0 Å². The third-order valence-electron chi connectivity index (χ3n) is 3.07. The second kappa shape index (κ2) is 7.21. The smallest absolute Gasteiger partial charge is 0.175 e. The zero-order chi connectivity index (χ0) is 16.2. The van der Waals surface area contributed by atoms with E-state index in [0.29, 0.717) is 18.0 Å². The normalized spacial score (nSPS) is 13.0. The van der Waals surface area contributed by atoms with E-state index in [9.17, 15) is 8.42 Å². The number of sulfone groups is 1. The second-order valence-electron chi connectivity index (χ2n) is 4.93. The van der Waals surface area contributed by atoms with Gasteiger partial charge in [0.1, 0.15) is 11.1 Å². The highest BCUT2D eigenvalue weighted by molar-refractivity contribution is 7.90. The van der Waals surface area contributed by atoms with Gasteiger partial charge in [-0.25, -0.2) is 13.4 Å². The molecular weight excluding hydrogens is 320 g/mol. The van der Waals surface area contributed by atoms with Gasteiger partial charge in [-0.15, -0.1) is 11.3 Å². The molecule has 2 rings (SSSR count). The van der Waals surface area contributed by atoms with Crippen LogP contribution in [-0.4, -0.2) is 26.3 Å². The monoisotopic (exact) mass is 340 g/mol. The fourth-order valence-corrected chi connectivity index (χ4v) is 3.43. The molecule has 7 heteroatoms. The molecule has 1 aromatic carbocycles. The van der Waals surface area contributed by atoms with Gasteiger partial charge in [-0.1, -0.05) is 6.07 Å². The van der Waals surface area contributed by atoms with Gasteiger partial charge in [-0.05, 0) is 32.0 Å². The molecule has 0 saturated carbocycles. The van der Waals surface area contributed by atoms with Gasteiger partial charge in [0.15, 0.2) is 9.84 Å². The molecule has 22 heavy (non-hydrogen) atoms. The molecule has 0 unspecified atom stereocenters. The summed E-state index contributed by atoms with van der Waals surface area (Å²) in [6.07, 6.45) is 1.20. The summed E-state index contributed by atoms with van der Waals surface area (Å²) in [5.74, 6) is 0. The van der Waals surface area contributed by atoms with Crippen LogP contribution in [-0.2, 0) is 21.1 Å². The minimum Gasteiger partial charge on any atom is -0.379 e. The largest absolute Gasteiger partial charge is 0.379 e. The van der Waals surface area contributed by atoms with Crippen LogP contribution in [0.4, 0.5) is 5.69 Å². The molecule has 0 spiro atoms. The zero-order valence-electron chi connectivity index (χ0n) is 12.9. The standard InChI is InChI=1S/C15H20N2O3S2/c1-4-20-11(2)15-17-13(10-21-15)9-16-12-6-5-7-14(8-12)22(3,18)19/h5-8,10-11,16H,4,9H2,1-3H3/t11-/m0/s1. The molecule has 5 nitrogen and oxygen atoms in total. The van der Waals surface area contributed by atoms with E-state index in [1.165, 1.54) is 6.26 Å². The first kappa shape index (κ1) is 16.9. The summed E-state index contributed by atoms with van der Waals surface area (Å²) in [6, 6.07) is 6.78. The van der Waals surface area contributed by atoms with Gasteiger partial charge in [0.25, 0.3) is 0 Å². The Morgan fingerprint density at radius 3 is 2.86 bits per heavy atom. The molecule has 2 aromatic rings. The molecule has 0 bridgehead atoms. The average molecular weight is 340 g/mol. The molecule has 1 atom stereocenters. The Morgan fingerprint density at radius 1 is 1.41 bits per heavy atom. The lowest BCUT2D eigenvalue weighted by atomic mass is 10.3. The van der Waals surface area contributed by atoms with Crippen molar-refractivity contribution in [3.8, 4) is 0 Å². The Kier molecular flexibility index (Phi) is 5.55. The predicted octanol–water partition coefficient (Wildman–Crippen LogP) is 3.26. The van der Waals surface area contributed by atoms with E-state index >= 15 is 0 Å². The van der Waals surface area contributed by atoms with Crippen molar-refractivity contribution < 1.29 is 13.2 Å². The Balaban J connectivity index is 2.02. The number of hydrogen-bond donors (Lipinski definition) is 1. The predicted molar refractivity (Wildman–Crippen MR) is 89.0 cm³/mol. The maximum absolute atomic E-state index is 11.5. The minimum atomic E-state index is -3.19. The lowest BCUT2D eigenvalue weighted by molar-refractivity contribution is 0.0761. The van der Waals surface area contributed by atoms with Crippen LogP contribution in [0.3, 0.4) is 0 Å². The van der Waals surface area contributed by atoms with Crippen LogP contribution in [0.15, 0.2) is 34.5 Å². The molecule has 0 aliphatic carbocycles. The summed E-state index contributed by atoms with van der Waals surface area (Å²) in [4.78, 5) is 4.83. The maximum atomic E-state index is 11.5. The van der Waals surface area contributed by atoms with Crippen LogP contribution in [0, 0.1) is 0 Å². The number of anilines is 1. The summed E-state index contributed by atoms with van der Waals surface area (Å²) in [7, 11) is -3.19. The van der Waals surface area contributed by atoms with Gasteiger partial charge >= 0.3 is 0 Å². The van der Waals surface area contributed by atoms with Crippen molar-refractivity contribution in [3.05, 3.63) is 40.3 Å². The zero-order valence-corrected chi connectivity index (χ0v) is 14.5. The van der Waals surface area contributed by atoms with Crippen molar-refractivity contribution in [3.63, 3.8) is 0 Å². The van der Waals surface area contributed by atoms with Gasteiger partial charge in [0, 0.05) is 23.9 Å². The van der Waals surface area contributed by atoms with Gasteiger partial charge in [-0.2, -0.15) is 0 Å². The molecule has 1 aromatic heterocycles. The molecular formula is C15H20N2O3S2. The minimum absolute atomic E-state index is 0.00249. The summed E-state index contributed by atoms with van der Waals surface area (Å²) in [5, 5.41) is 6.13. The van der Waals surface area contributed by atoms with Crippen molar-refractivity contribution in [2.75, 3.05) is 18.2 Å². The number of thiazole rings is 1. The Hall–Kier alpha value is -1.44. The highest BCUT2D eigenvalue weighted by Crippen LogP contribution is 2.22. The van der Waals surface area contributed by atoms with Crippen LogP contribution >= 0.6 is 11.3 Å². The molecule has 0 amide bonds. The van der Waals surface area contributed by atoms with Gasteiger partial charge in [0.05, 0.1) is 17.1 Å². The number of rotatable bonds is 7. The fourth-order valence-electron chi connectivity index (χ4n) is 1.94. The summed E-state index contributed by atoms with van der Waals surface area (Å²) in [6.45, 7) is 5.14. The SMILES string of the molecule is CCO[C@@H](C)c1nc(CNc2cccc(S(C)(=O)=O)c2)cs1. The number of hydrogen-bond acceptors (Lipinski definition) is 6. The number of ether oxygens (including phenoxy) is 1. The average Bonchev–Trinajstić information content (AvgIpc) is 2.94. The Labute approximate surface area is 135 Å². The maximum Gasteiger partial charge on any atom is 0.175 e. The first-order valence-corrected chi connectivity index (χ1v) is 9.77. The molecule has 1 heterocycles. The van der Waals surface area contributed by atoms with Gasteiger partial charge in [0.2, 0.25) is 0 Å². The number of benzene rings is 1. The molecule has 0 fully saturated rings. The molecule has 120 valence electrons. The molecule has 0 aliphatic heterocycles. The van der Waals surface area contributed by atoms with Crippen LogP contribution in [0.1, 0.15) is 30.7 Å². The highest BCUT2D eigenvalue weighted by atomic mass is 32.2. The summed E-state index contributed by atoms with van der Waals surface area (Å²) >= 11 is 1.57. The van der Waals surface area contributed by atoms with E-state index in [4.69, 9.17) is 4.74 Å². The van der Waals surface area contributed by atoms with Crippen molar-refractivity contribution >= 4 is 26.9 Å². The Morgan fingerprint density at radius 2 is 2.18 bits per heavy atom. The summed E-state index contributed by atoms with van der Waals surface area (Å²) in [5.41, 5.74) is 1.67. The van der Waals surface area contributed by atoms with Crippen LogP contribution in [0.25, 0.3) is 0 Å². The van der Waals surface area contributed by atoms with Crippen LogP contribution < -0.4 is 5.32 Å². The number of nitrogens with one attached hydrogen (secondary N) is 1. The first-order valence-electron chi connectivity index (χ1n) is 7.00. The quantitative estimate of drug-likeness (QED) is 0.838. The van der Waals surface area contributed by atoms with E-state index in [1.807, 2.05) is 25.3 Å². The van der Waals surface area contributed by atoms with Gasteiger partial charge < -0.3 is 10.1 Å². The number of aromatic nitrogens is 1. The van der Waals surface area contributed by atoms with Crippen molar-refractivity contribution in [1.29, 1.82) is 0 Å². The lowest BCUT2D eigenvalue weighted by Crippen LogP contribution is -2.03. The molecule has 1 N–H and O–H groups in total. The topological polar surface area (TPSA) is 68.3 Å². The van der Waals surface area contributed by atoms with Crippen molar-refractivity contribution in [2.24, 2.45) is 0 Å². The van der Waals surface area contributed by atoms with E-state index in [1.54, 1.807) is 29.5 Å². The number of nitrogens with zero attached hydrogens (tertiary/aromatic N) is 1. The summed E-state index contributed by atoms with van der Waals surface area (Å²) < 4.78 is 28.6. The second-order valence-corrected chi connectivity index (χ2v) is 7.83. The molecule has 0 radical (unpaired) electrons. The van der Waals surface area contributed by atoms with Gasteiger partial charge in [-0.3, -0.25) is 0 Å². The van der Waals surface area contributed by atoms with E-state index in [-0.39, 0.29) is 6.10 Å². The first-order chi connectivity index (χ1) is 10.4. The highest BCUT2D eigenvalue weighted by Gasteiger charge is 2.11. The van der Waals surface area contributed by atoms with E-state index in [0.717, 1.165) is 16.4 Å². The lowest BCUT2D eigenvalue weighted by Gasteiger charge is -2.08. The third-order valence-corrected chi connectivity index (χ3v) is 5.23. The van der Waals surface area contributed by atoms with E-state index < -0.39 is 9.84 Å². The molecule has 0 saturated heterocycles. The Bertz CT molecular complexity index is 726. The molecule has 0 aliphatic rings. The third kappa shape index (κ3) is 4.53. The van der Waals surface area contributed by atoms with E-state index in [2.05, 4.69) is 10.3 Å². The van der Waals surface area contributed by atoms with Crippen molar-refractivity contribution in [2.45, 2.75) is 31.4 Å². The van der Waals surface area contributed by atoms with Crippen LogP contribution in [0.5, 0.6) is 0 Å². The fraction of sp³-hybridized carbons (Fsp3) is 0.400.